The maximum atomic E-state index is 12.1. The van der Waals surface area contributed by atoms with Gasteiger partial charge in [0.15, 0.2) is 0 Å². The lowest BCUT2D eigenvalue weighted by atomic mass is 9.79. The molecule has 42 heavy (non-hydrogen) atoms. The standard InChI is InChI=1S/C35H52N6O/c1-7-11-12-20-39(19-10-4)32-15-18-36-35(30(32)13-8-2)38-31-23-33(37-27(6)26(31)5)41-24-29(25-41)28-16-21-40(22-17-28)34(42)14-9-3/h15,18,23,28-29H,7-8,10-13,16-17,19-22,24-25H2,1-6H3,(H,36,37,38). The van der Waals surface area contributed by atoms with Crippen LogP contribution in [0.5, 0.6) is 0 Å². The fraction of sp³-hybridized carbons (Fsp3) is 0.629. The Bertz CT molecular complexity index is 1250. The van der Waals surface area contributed by atoms with Crippen LogP contribution in [0, 0.1) is 37.5 Å². The molecular weight excluding hydrogens is 520 g/mol. The maximum absolute atomic E-state index is 12.1. The van der Waals surface area contributed by atoms with Gasteiger partial charge in [-0.05, 0) is 82.3 Å². The van der Waals surface area contributed by atoms with Gasteiger partial charge < -0.3 is 20.0 Å². The number of likely N-dealkylation sites (tertiary alicyclic amines) is 1. The van der Waals surface area contributed by atoms with Gasteiger partial charge in [0.05, 0.1) is 0 Å². The number of amides is 1. The van der Waals surface area contributed by atoms with Gasteiger partial charge in [0.2, 0.25) is 0 Å². The Morgan fingerprint density at radius 3 is 2.48 bits per heavy atom. The van der Waals surface area contributed by atoms with Crippen molar-refractivity contribution >= 4 is 28.9 Å². The lowest BCUT2D eigenvalue weighted by Gasteiger charge is -2.46. The van der Waals surface area contributed by atoms with Crippen LogP contribution < -0.4 is 15.1 Å². The molecule has 4 heterocycles. The summed E-state index contributed by atoms with van der Waals surface area (Å²) in [6, 6.07) is 4.43. The normalized spacial score (nSPS) is 15.7. The molecule has 2 aromatic rings. The summed E-state index contributed by atoms with van der Waals surface area (Å²) in [6.45, 7) is 18.7. The number of pyridine rings is 2. The molecule has 0 atom stereocenters. The van der Waals surface area contributed by atoms with Gasteiger partial charge in [-0.15, -0.1) is 0 Å². The van der Waals surface area contributed by atoms with Crippen LogP contribution in [0.2, 0.25) is 0 Å². The second kappa shape index (κ2) is 15.3. The molecule has 228 valence electrons. The van der Waals surface area contributed by atoms with E-state index in [-0.39, 0.29) is 5.91 Å². The second-order valence-corrected chi connectivity index (χ2v) is 12.1. The highest BCUT2D eigenvalue weighted by Crippen LogP contribution is 2.37. The van der Waals surface area contributed by atoms with E-state index in [1.54, 1.807) is 6.92 Å². The quantitative estimate of drug-likeness (QED) is 0.208. The van der Waals surface area contributed by atoms with Crippen LogP contribution in [-0.4, -0.2) is 60.0 Å². The molecule has 2 aliphatic heterocycles. The molecule has 0 unspecified atom stereocenters. The Hall–Kier alpha value is -3.27. The zero-order valence-corrected chi connectivity index (χ0v) is 26.9. The Kier molecular flexibility index (Phi) is 11.5. The minimum atomic E-state index is -0.0257. The van der Waals surface area contributed by atoms with Crippen molar-refractivity contribution in [3.63, 3.8) is 0 Å². The molecule has 1 N–H and O–H groups in total. The fourth-order valence-corrected chi connectivity index (χ4v) is 6.46. The van der Waals surface area contributed by atoms with E-state index in [0.717, 1.165) is 94.4 Å². The third-order valence-electron chi connectivity index (χ3n) is 9.11. The maximum Gasteiger partial charge on any atom is 0.298 e. The summed E-state index contributed by atoms with van der Waals surface area (Å²) in [7, 11) is 0. The number of carbonyl (C=O) groups is 1. The zero-order valence-electron chi connectivity index (χ0n) is 26.9. The predicted molar refractivity (Wildman–Crippen MR) is 176 cm³/mol. The number of nitrogens with one attached hydrogen (secondary N) is 1. The lowest BCUT2D eigenvalue weighted by Crippen LogP contribution is -2.53. The van der Waals surface area contributed by atoms with Gasteiger partial charge in [-0.1, -0.05) is 46.0 Å². The van der Waals surface area contributed by atoms with Gasteiger partial charge in [0.25, 0.3) is 5.91 Å². The molecular formula is C35H52N6O. The van der Waals surface area contributed by atoms with Crippen LogP contribution in [0.4, 0.5) is 23.0 Å². The number of piperidine rings is 1. The topological polar surface area (TPSA) is 64.6 Å². The number of unbranched alkanes of at least 4 members (excludes halogenated alkanes) is 2. The third-order valence-corrected chi connectivity index (χ3v) is 9.11. The smallest absolute Gasteiger partial charge is 0.298 e. The summed E-state index contributed by atoms with van der Waals surface area (Å²) >= 11 is 0. The largest absolute Gasteiger partial charge is 0.371 e. The van der Waals surface area contributed by atoms with Crippen molar-refractivity contribution in [3.8, 4) is 11.8 Å². The average molecular weight is 573 g/mol. The van der Waals surface area contributed by atoms with E-state index in [1.807, 2.05) is 11.1 Å². The summed E-state index contributed by atoms with van der Waals surface area (Å²) in [6.07, 6.45) is 11.0. The minimum absolute atomic E-state index is 0.0257. The monoisotopic (exact) mass is 572 g/mol. The Morgan fingerprint density at radius 2 is 1.81 bits per heavy atom. The minimum Gasteiger partial charge on any atom is -0.371 e. The first-order valence-corrected chi connectivity index (χ1v) is 16.3. The summed E-state index contributed by atoms with van der Waals surface area (Å²) in [5, 5.41) is 3.76. The van der Waals surface area contributed by atoms with Crippen molar-refractivity contribution in [1.82, 2.24) is 14.9 Å². The predicted octanol–water partition coefficient (Wildman–Crippen LogP) is 6.89. The number of hydrogen-bond donors (Lipinski definition) is 1. The molecule has 2 saturated heterocycles. The second-order valence-electron chi connectivity index (χ2n) is 12.1. The van der Waals surface area contributed by atoms with E-state index < -0.39 is 0 Å². The van der Waals surface area contributed by atoms with Gasteiger partial charge in [-0.25, -0.2) is 9.97 Å². The van der Waals surface area contributed by atoms with Gasteiger partial charge >= 0.3 is 0 Å². The first kappa shape index (κ1) is 31.7. The molecule has 2 aliphatic rings. The van der Waals surface area contributed by atoms with Gasteiger partial charge in [-0.2, -0.15) is 0 Å². The number of aromatic nitrogens is 2. The average Bonchev–Trinajstić information content (AvgIpc) is 2.96. The summed E-state index contributed by atoms with van der Waals surface area (Å²) in [5.74, 6) is 8.74. The summed E-state index contributed by atoms with van der Waals surface area (Å²) in [4.78, 5) is 28.9. The molecule has 0 saturated carbocycles. The SMILES string of the molecule is CC#CC(=O)N1CCC(C2CN(c3cc(Nc4nccc(N(CCC)CCCCC)c4CCC)c(C)c(C)n3)C2)CC1. The van der Waals surface area contributed by atoms with Crippen molar-refractivity contribution < 1.29 is 4.79 Å². The number of anilines is 4. The van der Waals surface area contributed by atoms with Crippen LogP contribution >= 0.6 is 0 Å². The molecule has 1 amide bonds. The number of hydrogen-bond acceptors (Lipinski definition) is 6. The molecule has 7 nitrogen and oxygen atoms in total. The van der Waals surface area contributed by atoms with Crippen LogP contribution in [0.25, 0.3) is 0 Å². The summed E-state index contributed by atoms with van der Waals surface area (Å²) < 4.78 is 0. The van der Waals surface area contributed by atoms with Gasteiger partial charge in [0.1, 0.15) is 11.6 Å². The van der Waals surface area contributed by atoms with E-state index in [4.69, 9.17) is 9.97 Å². The van der Waals surface area contributed by atoms with Gasteiger partial charge in [-0.3, -0.25) is 4.79 Å². The highest BCUT2D eigenvalue weighted by atomic mass is 16.2. The molecule has 0 aromatic carbocycles. The molecule has 0 aliphatic carbocycles. The van der Waals surface area contributed by atoms with Crippen molar-refractivity contribution in [3.05, 3.63) is 35.2 Å². The fourth-order valence-electron chi connectivity index (χ4n) is 6.46. The Morgan fingerprint density at radius 1 is 1.05 bits per heavy atom. The number of rotatable bonds is 13. The molecule has 0 bridgehead atoms. The first-order chi connectivity index (χ1) is 20.4. The Labute approximate surface area is 254 Å². The zero-order chi connectivity index (χ0) is 30.1. The first-order valence-electron chi connectivity index (χ1n) is 16.3. The van der Waals surface area contributed by atoms with Crippen LogP contribution in [0.1, 0.15) is 89.5 Å². The molecule has 2 fully saturated rings. The van der Waals surface area contributed by atoms with E-state index in [9.17, 15) is 4.79 Å². The molecule has 0 spiro atoms. The van der Waals surface area contributed by atoms with E-state index in [0.29, 0.717) is 11.8 Å². The molecule has 7 heteroatoms. The lowest BCUT2D eigenvalue weighted by molar-refractivity contribution is -0.126. The van der Waals surface area contributed by atoms with E-state index in [2.05, 4.69) is 73.7 Å². The molecule has 4 rings (SSSR count). The Balaban J connectivity index is 1.47. The number of carbonyl (C=O) groups excluding carboxylic acids is 1. The molecule has 2 aromatic heterocycles. The summed E-state index contributed by atoms with van der Waals surface area (Å²) in [5.41, 5.74) is 5.98. The van der Waals surface area contributed by atoms with Crippen molar-refractivity contribution in [2.24, 2.45) is 11.8 Å². The van der Waals surface area contributed by atoms with Crippen LogP contribution in [0.3, 0.4) is 0 Å². The highest BCUT2D eigenvalue weighted by Gasteiger charge is 2.36. The highest BCUT2D eigenvalue weighted by molar-refractivity contribution is 5.93. The van der Waals surface area contributed by atoms with Crippen LogP contribution in [0.15, 0.2) is 18.3 Å². The van der Waals surface area contributed by atoms with Crippen molar-refractivity contribution in [2.75, 3.05) is 54.4 Å². The van der Waals surface area contributed by atoms with Crippen molar-refractivity contribution in [2.45, 2.75) is 92.9 Å². The molecule has 0 radical (unpaired) electrons. The van der Waals surface area contributed by atoms with Gasteiger partial charge in [0, 0.05) is 74.2 Å². The van der Waals surface area contributed by atoms with E-state index in [1.165, 1.54) is 36.1 Å². The van der Waals surface area contributed by atoms with E-state index >= 15 is 0 Å². The number of nitrogens with zero attached hydrogens (tertiary/aromatic N) is 5. The van der Waals surface area contributed by atoms with Crippen LogP contribution in [-0.2, 0) is 11.2 Å². The number of aryl methyl sites for hydroxylation is 1. The van der Waals surface area contributed by atoms with Crippen molar-refractivity contribution in [1.29, 1.82) is 0 Å². The third kappa shape index (κ3) is 7.56.